The fraction of sp³-hybridized carbons (Fsp3) is 0.583. The van der Waals surface area contributed by atoms with E-state index in [1.807, 2.05) is 6.92 Å². The van der Waals surface area contributed by atoms with Gasteiger partial charge in [-0.05, 0) is 52.3 Å². The molecular formula is C24H31FN6O3. The van der Waals surface area contributed by atoms with E-state index in [0.29, 0.717) is 17.7 Å². The Morgan fingerprint density at radius 2 is 2.00 bits per heavy atom. The third-order valence-corrected chi connectivity index (χ3v) is 7.47. The molecule has 0 amide bonds. The number of anilines is 1. The molecule has 182 valence electrons. The summed E-state index contributed by atoms with van der Waals surface area (Å²) in [7, 11) is 2.11. The minimum Gasteiger partial charge on any atom is -0.462 e. The van der Waals surface area contributed by atoms with E-state index in [4.69, 9.17) is 4.74 Å². The zero-order valence-electron chi connectivity index (χ0n) is 20.0. The number of aromatic nitrogens is 1. The molecule has 10 heteroatoms. The van der Waals surface area contributed by atoms with Crippen molar-refractivity contribution in [2.75, 3.05) is 44.8 Å². The van der Waals surface area contributed by atoms with Crippen LogP contribution in [0.15, 0.2) is 33.5 Å². The summed E-state index contributed by atoms with van der Waals surface area (Å²) in [5.74, 6) is -1.24. The molecule has 0 spiro atoms. The van der Waals surface area contributed by atoms with Crippen LogP contribution in [0, 0.1) is 5.82 Å². The maximum Gasteiger partial charge on any atom is 0.343 e. The highest BCUT2D eigenvalue weighted by Crippen LogP contribution is 2.48. The highest BCUT2D eigenvalue weighted by atomic mass is 19.1. The molecule has 1 saturated carbocycles. The first kappa shape index (κ1) is 22.9. The quantitative estimate of drug-likeness (QED) is 0.625. The lowest BCUT2D eigenvalue weighted by atomic mass is 9.99. The molecule has 0 bridgehead atoms. The number of carbonyl (C=O) groups is 1. The number of likely N-dealkylation sites (N-methyl/N-ethyl adjacent to an activating group) is 1. The number of carbonyl (C=O) groups excluding carboxylic acids is 1. The van der Waals surface area contributed by atoms with Crippen molar-refractivity contribution in [1.29, 1.82) is 0 Å². The number of benzene rings is 1. The highest BCUT2D eigenvalue weighted by Gasteiger charge is 2.57. The van der Waals surface area contributed by atoms with Gasteiger partial charge in [-0.25, -0.2) is 14.2 Å². The first-order valence-electron chi connectivity index (χ1n) is 12.1. The smallest absolute Gasteiger partial charge is 0.343 e. The standard InChI is InChI=1S/C24H31FN6O3/c1-4-29-15-17(23(33)34-5-2)22(32)16-13-18(25)20(14-19(16)29)31-24(8-6-7-21(24)26-27-31)30-11-9-28(3)10-12-30/h13-15,21H,4-12H2,1-3H3. The van der Waals surface area contributed by atoms with Gasteiger partial charge in [0.1, 0.15) is 28.8 Å². The van der Waals surface area contributed by atoms with Crippen molar-refractivity contribution in [3.63, 3.8) is 0 Å². The van der Waals surface area contributed by atoms with Crippen LogP contribution in [0.2, 0.25) is 0 Å². The van der Waals surface area contributed by atoms with Gasteiger partial charge in [0.25, 0.3) is 0 Å². The van der Waals surface area contributed by atoms with Crippen molar-refractivity contribution in [2.24, 2.45) is 10.3 Å². The van der Waals surface area contributed by atoms with Gasteiger partial charge in [0, 0.05) is 44.3 Å². The van der Waals surface area contributed by atoms with Crippen LogP contribution in [-0.4, -0.2) is 71.9 Å². The number of esters is 1. The van der Waals surface area contributed by atoms with Crippen LogP contribution in [-0.2, 0) is 11.3 Å². The summed E-state index contributed by atoms with van der Waals surface area (Å²) in [6.45, 7) is 7.87. The largest absolute Gasteiger partial charge is 0.462 e. The molecule has 1 aromatic heterocycles. The van der Waals surface area contributed by atoms with Crippen molar-refractivity contribution in [1.82, 2.24) is 14.4 Å². The molecule has 0 radical (unpaired) electrons. The SMILES string of the molecule is CCOC(=O)c1cn(CC)c2cc(N3N=NC4CCCC43N3CCN(C)CC3)c(F)cc2c1=O. The second-order valence-corrected chi connectivity index (χ2v) is 9.29. The monoisotopic (exact) mass is 470 g/mol. The van der Waals surface area contributed by atoms with E-state index in [2.05, 4.69) is 27.2 Å². The summed E-state index contributed by atoms with van der Waals surface area (Å²) in [5, 5.41) is 10.9. The van der Waals surface area contributed by atoms with Crippen LogP contribution in [0.5, 0.6) is 0 Å². The molecule has 1 saturated heterocycles. The van der Waals surface area contributed by atoms with Gasteiger partial charge in [0.05, 0.1) is 12.1 Å². The molecule has 2 aliphatic heterocycles. The van der Waals surface area contributed by atoms with Crippen molar-refractivity contribution in [3.05, 3.63) is 39.9 Å². The molecule has 2 aromatic rings. The first-order valence-corrected chi connectivity index (χ1v) is 12.1. The molecule has 2 unspecified atom stereocenters. The van der Waals surface area contributed by atoms with Crippen LogP contribution in [0.4, 0.5) is 10.1 Å². The maximum absolute atomic E-state index is 15.7. The number of hydrogen-bond donors (Lipinski definition) is 0. The van der Waals surface area contributed by atoms with Gasteiger partial charge in [-0.1, -0.05) is 5.22 Å². The molecule has 34 heavy (non-hydrogen) atoms. The lowest BCUT2D eigenvalue weighted by Crippen LogP contribution is -2.64. The Hall–Kier alpha value is -2.85. The third-order valence-electron chi connectivity index (χ3n) is 7.47. The molecule has 1 aromatic carbocycles. The summed E-state index contributed by atoms with van der Waals surface area (Å²) in [6, 6.07) is 2.91. The third kappa shape index (κ3) is 3.42. The van der Waals surface area contributed by atoms with Crippen molar-refractivity contribution in [2.45, 2.75) is 51.4 Å². The minimum absolute atomic E-state index is 0.00874. The number of nitrogens with zero attached hydrogens (tertiary/aromatic N) is 6. The van der Waals surface area contributed by atoms with Gasteiger partial charge < -0.3 is 14.2 Å². The van der Waals surface area contributed by atoms with Crippen LogP contribution < -0.4 is 10.4 Å². The Morgan fingerprint density at radius 3 is 2.71 bits per heavy atom. The number of aryl methyl sites for hydroxylation is 1. The van der Waals surface area contributed by atoms with E-state index < -0.39 is 22.9 Å². The Morgan fingerprint density at radius 1 is 1.24 bits per heavy atom. The summed E-state index contributed by atoms with van der Waals surface area (Å²) >= 11 is 0. The molecular weight excluding hydrogens is 439 g/mol. The van der Waals surface area contributed by atoms with Gasteiger partial charge in [-0.2, -0.15) is 5.11 Å². The zero-order chi connectivity index (χ0) is 24.0. The predicted octanol–water partition coefficient (Wildman–Crippen LogP) is 3.02. The fourth-order valence-corrected chi connectivity index (χ4v) is 5.67. The first-order chi connectivity index (χ1) is 16.4. The minimum atomic E-state index is -0.697. The number of halogens is 1. The molecule has 2 atom stereocenters. The highest BCUT2D eigenvalue weighted by molar-refractivity contribution is 5.94. The average Bonchev–Trinajstić information content (AvgIpc) is 3.40. The summed E-state index contributed by atoms with van der Waals surface area (Å²) in [6.07, 6.45) is 4.28. The molecule has 3 aliphatic rings. The second kappa shape index (κ2) is 8.74. The predicted molar refractivity (Wildman–Crippen MR) is 127 cm³/mol. The van der Waals surface area contributed by atoms with Gasteiger partial charge in [0.15, 0.2) is 0 Å². The summed E-state index contributed by atoms with van der Waals surface area (Å²) < 4.78 is 22.5. The van der Waals surface area contributed by atoms with Crippen LogP contribution in [0.3, 0.4) is 0 Å². The normalized spacial score (nSPS) is 25.3. The van der Waals surface area contributed by atoms with Crippen molar-refractivity contribution < 1.29 is 13.9 Å². The Balaban J connectivity index is 1.63. The van der Waals surface area contributed by atoms with Crippen LogP contribution >= 0.6 is 0 Å². The van der Waals surface area contributed by atoms with E-state index in [1.165, 1.54) is 12.3 Å². The van der Waals surface area contributed by atoms with E-state index in [-0.39, 0.29) is 23.6 Å². The van der Waals surface area contributed by atoms with E-state index in [0.717, 1.165) is 45.4 Å². The zero-order valence-corrected chi connectivity index (χ0v) is 20.0. The van der Waals surface area contributed by atoms with Gasteiger partial charge in [-0.3, -0.25) is 9.69 Å². The van der Waals surface area contributed by atoms with Crippen molar-refractivity contribution >= 4 is 22.6 Å². The number of ether oxygens (including phenoxy) is 1. The second-order valence-electron chi connectivity index (χ2n) is 9.29. The lowest BCUT2D eigenvalue weighted by molar-refractivity contribution is 0.0410. The Labute approximate surface area is 197 Å². The van der Waals surface area contributed by atoms with Gasteiger partial charge in [0.2, 0.25) is 5.43 Å². The number of hydrogen-bond acceptors (Lipinski definition) is 8. The van der Waals surface area contributed by atoms with Crippen LogP contribution in [0.25, 0.3) is 10.9 Å². The molecule has 0 N–H and O–H groups in total. The van der Waals surface area contributed by atoms with Gasteiger partial charge in [-0.15, -0.1) is 0 Å². The lowest BCUT2D eigenvalue weighted by Gasteiger charge is -2.48. The molecule has 9 nitrogen and oxygen atoms in total. The molecule has 5 rings (SSSR count). The number of rotatable bonds is 5. The van der Waals surface area contributed by atoms with Crippen LogP contribution in [0.1, 0.15) is 43.5 Å². The molecule has 2 fully saturated rings. The average molecular weight is 471 g/mol. The van der Waals surface area contributed by atoms with Crippen molar-refractivity contribution in [3.8, 4) is 0 Å². The maximum atomic E-state index is 15.7. The topological polar surface area (TPSA) is 82.7 Å². The summed E-state index contributed by atoms with van der Waals surface area (Å²) in [4.78, 5) is 30.1. The molecule has 1 aliphatic carbocycles. The number of piperazine rings is 1. The van der Waals surface area contributed by atoms with E-state index in [9.17, 15) is 9.59 Å². The molecule has 3 heterocycles. The van der Waals surface area contributed by atoms with E-state index in [1.54, 1.807) is 22.6 Å². The number of fused-ring (bicyclic) bond motifs is 2. The Kier molecular flexibility index (Phi) is 5.89. The fourth-order valence-electron chi connectivity index (χ4n) is 5.67. The van der Waals surface area contributed by atoms with Gasteiger partial charge >= 0.3 is 5.97 Å². The number of pyridine rings is 1. The Bertz CT molecular complexity index is 1210. The summed E-state index contributed by atoms with van der Waals surface area (Å²) in [5.41, 5.74) is -0.238. The van der Waals surface area contributed by atoms with E-state index >= 15 is 4.39 Å².